The van der Waals surface area contributed by atoms with Crippen LogP contribution in [0.2, 0.25) is 0 Å². The van der Waals surface area contributed by atoms with E-state index in [0.717, 1.165) is 42.5 Å². The van der Waals surface area contributed by atoms with Crippen molar-refractivity contribution in [3.05, 3.63) is 71.9 Å². The molecule has 5 rings (SSSR count). The van der Waals surface area contributed by atoms with E-state index in [0.29, 0.717) is 23.7 Å². The largest absolute Gasteiger partial charge is 0.493 e. The summed E-state index contributed by atoms with van der Waals surface area (Å²) in [5, 5.41) is 3.26. The van der Waals surface area contributed by atoms with Crippen molar-refractivity contribution in [2.75, 3.05) is 14.2 Å². The Kier molecular flexibility index (Phi) is 6.48. The summed E-state index contributed by atoms with van der Waals surface area (Å²) < 4.78 is 12.8. The summed E-state index contributed by atoms with van der Waals surface area (Å²) in [7, 11) is 3.18. The highest BCUT2D eigenvalue weighted by atomic mass is 16.5. The topological polar surface area (TPSA) is 72.8 Å². The van der Waals surface area contributed by atoms with E-state index in [1.165, 1.54) is 0 Å². The summed E-state index contributed by atoms with van der Waals surface area (Å²) in [5.41, 5.74) is 2.33. The molecular weight excluding hydrogens is 454 g/mol. The SMILES string of the molecule is COc1ccc(CN2C(=O)c3ccc(-c4ccccc4)n3CC2(C)C(=O)NC2CCCC2)cc1OC. The van der Waals surface area contributed by atoms with Gasteiger partial charge in [-0.1, -0.05) is 49.2 Å². The first-order valence-corrected chi connectivity index (χ1v) is 12.5. The van der Waals surface area contributed by atoms with Gasteiger partial charge in [0.2, 0.25) is 5.91 Å². The molecule has 0 radical (unpaired) electrons. The Labute approximate surface area is 212 Å². The first kappa shape index (κ1) is 24.0. The molecule has 1 atom stereocenters. The highest BCUT2D eigenvalue weighted by molar-refractivity contribution is 6.00. The molecule has 2 heterocycles. The van der Waals surface area contributed by atoms with Crippen molar-refractivity contribution in [3.63, 3.8) is 0 Å². The Hall–Kier alpha value is -3.74. The maximum Gasteiger partial charge on any atom is 0.271 e. The number of hydrogen-bond donors (Lipinski definition) is 1. The Morgan fingerprint density at radius 2 is 1.67 bits per heavy atom. The van der Waals surface area contributed by atoms with Crippen molar-refractivity contribution >= 4 is 11.8 Å². The predicted molar refractivity (Wildman–Crippen MR) is 138 cm³/mol. The van der Waals surface area contributed by atoms with Gasteiger partial charge in [-0.05, 0) is 55.2 Å². The van der Waals surface area contributed by atoms with E-state index in [1.807, 2.05) is 72.2 Å². The van der Waals surface area contributed by atoms with Gasteiger partial charge in [0.25, 0.3) is 5.91 Å². The normalized spacial score (nSPS) is 19.8. The fourth-order valence-electron chi connectivity index (χ4n) is 5.45. The van der Waals surface area contributed by atoms with Gasteiger partial charge in [0.05, 0.1) is 20.8 Å². The van der Waals surface area contributed by atoms with Gasteiger partial charge >= 0.3 is 0 Å². The van der Waals surface area contributed by atoms with Gasteiger partial charge < -0.3 is 24.3 Å². The molecule has 1 N–H and O–H groups in total. The first-order valence-electron chi connectivity index (χ1n) is 12.5. The van der Waals surface area contributed by atoms with Crippen LogP contribution in [0.3, 0.4) is 0 Å². The molecule has 36 heavy (non-hydrogen) atoms. The summed E-state index contributed by atoms with van der Waals surface area (Å²) in [4.78, 5) is 29.5. The average Bonchev–Trinajstić information content (AvgIpc) is 3.57. The van der Waals surface area contributed by atoms with Crippen molar-refractivity contribution in [2.45, 2.75) is 57.3 Å². The van der Waals surface area contributed by atoms with Gasteiger partial charge in [-0.3, -0.25) is 9.59 Å². The maximum absolute atomic E-state index is 14.0. The molecule has 1 saturated carbocycles. The molecule has 2 aromatic carbocycles. The monoisotopic (exact) mass is 487 g/mol. The molecule has 2 amide bonds. The molecule has 1 aliphatic carbocycles. The molecule has 3 aromatic rings. The number of nitrogens with one attached hydrogen (secondary N) is 1. The Balaban J connectivity index is 1.54. The van der Waals surface area contributed by atoms with Crippen LogP contribution in [0.1, 0.15) is 48.7 Å². The van der Waals surface area contributed by atoms with Crippen molar-refractivity contribution in [2.24, 2.45) is 0 Å². The molecule has 7 heteroatoms. The van der Waals surface area contributed by atoms with Crippen LogP contribution in [-0.2, 0) is 17.9 Å². The lowest BCUT2D eigenvalue weighted by Crippen LogP contribution is -2.64. The predicted octanol–water partition coefficient (Wildman–Crippen LogP) is 4.65. The van der Waals surface area contributed by atoms with Crippen molar-refractivity contribution in [3.8, 4) is 22.8 Å². The van der Waals surface area contributed by atoms with Crippen LogP contribution in [0.25, 0.3) is 11.3 Å². The van der Waals surface area contributed by atoms with E-state index in [2.05, 4.69) is 5.32 Å². The molecule has 2 aliphatic rings. The highest BCUT2D eigenvalue weighted by Gasteiger charge is 2.48. The van der Waals surface area contributed by atoms with Crippen LogP contribution < -0.4 is 14.8 Å². The van der Waals surface area contributed by atoms with Gasteiger partial charge in [-0.15, -0.1) is 0 Å². The number of aromatic nitrogens is 1. The molecular formula is C29H33N3O4. The summed E-state index contributed by atoms with van der Waals surface area (Å²) in [6.07, 6.45) is 4.21. The second kappa shape index (κ2) is 9.72. The number of carbonyl (C=O) groups is 2. The number of benzene rings is 2. The molecule has 0 saturated heterocycles. The molecule has 7 nitrogen and oxygen atoms in total. The number of rotatable bonds is 7. The average molecular weight is 488 g/mol. The number of methoxy groups -OCH3 is 2. The van der Waals surface area contributed by atoms with Crippen LogP contribution in [0, 0.1) is 0 Å². The lowest BCUT2D eigenvalue weighted by molar-refractivity contribution is -0.133. The van der Waals surface area contributed by atoms with Gasteiger partial charge in [0, 0.05) is 18.3 Å². The summed E-state index contributed by atoms with van der Waals surface area (Å²) in [6.45, 7) is 2.53. The van der Waals surface area contributed by atoms with Crippen molar-refractivity contribution in [1.29, 1.82) is 0 Å². The zero-order valence-corrected chi connectivity index (χ0v) is 21.1. The number of ether oxygens (including phenoxy) is 2. The lowest BCUT2D eigenvalue weighted by Gasteiger charge is -2.45. The number of amides is 2. The smallest absolute Gasteiger partial charge is 0.271 e. The number of nitrogens with zero attached hydrogens (tertiary/aromatic N) is 2. The molecule has 0 spiro atoms. The second-order valence-corrected chi connectivity index (χ2v) is 9.87. The van der Waals surface area contributed by atoms with E-state index in [-0.39, 0.29) is 24.4 Å². The van der Waals surface area contributed by atoms with E-state index < -0.39 is 5.54 Å². The third-order valence-electron chi connectivity index (χ3n) is 7.54. The van der Waals surface area contributed by atoms with Crippen LogP contribution in [0.15, 0.2) is 60.7 Å². The fraction of sp³-hybridized carbons (Fsp3) is 0.379. The Bertz CT molecular complexity index is 1260. The molecule has 1 aromatic heterocycles. The van der Waals surface area contributed by atoms with Crippen molar-refractivity contribution in [1.82, 2.24) is 14.8 Å². The van der Waals surface area contributed by atoms with Crippen LogP contribution in [0.4, 0.5) is 0 Å². The van der Waals surface area contributed by atoms with Crippen LogP contribution >= 0.6 is 0 Å². The number of carbonyl (C=O) groups excluding carboxylic acids is 2. The maximum atomic E-state index is 14.0. The van der Waals surface area contributed by atoms with Crippen molar-refractivity contribution < 1.29 is 19.1 Å². The van der Waals surface area contributed by atoms with Gasteiger partial charge in [0.1, 0.15) is 11.2 Å². The Morgan fingerprint density at radius 1 is 0.972 bits per heavy atom. The van der Waals surface area contributed by atoms with E-state index in [1.54, 1.807) is 19.1 Å². The lowest BCUT2D eigenvalue weighted by atomic mass is 9.93. The third kappa shape index (κ3) is 4.23. The third-order valence-corrected chi connectivity index (χ3v) is 7.54. The van der Waals surface area contributed by atoms with E-state index in [4.69, 9.17) is 9.47 Å². The van der Waals surface area contributed by atoms with Gasteiger partial charge in [-0.2, -0.15) is 0 Å². The Morgan fingerprint density at radius 3 is 2.36 bits per heavy atom. The van der Waals surface area contributed by atoms with E-state index >= 15 is 0 Å². The van der Waals surface area contributed by atoms with Crippen LogP contribution in [0.5, 0.6) is 11.5 Å². The quantitative estimate of drug-likeness (QED) is 0.527. The molecule has 1 fully saturated rings. The minimum absolute atomic E-state index is 0.110. The standard InChI is InChI=1S/C29H33N3O4/c1-29(28(34)30-22-11-7-8-12-22)19-31-23(21-9-5-4-6-10-21)14-15-24(31)27(33)32(29)18-20-13-16-25(35-2)26(17-20)36-3/h4-6,9-10,13-17,22H,7-8,11-12,18-19H2,1-3H3,(H,30,34). The molecule has 0 bridgehead atoms. The molecule has 188 valence electrons. The second-order valence-electron chi connectivity index (χ2n) is 9.87. The van der Waals surface area contributed by atoms with E-state index in [9.17, 15) is 9.59 Å². The molecule has 1 aliphatic heterocycles. The van der Waals surface area contributed by atoms with Crippen LogP contribution in [-0.4, -0.2) is 47.1 Å². The minimum Gasteiger partial charge on any atom is -0.493 e. The zero-order valence-electron chi connectivity index (χ0n) is 21.1. The first-order chi connectivity index (χ1) is 17.4. The summed E-state index contributed by atoms with van der Waals surface area (Å²) in [6, 6.07) is 19.6. The summed E-state index contributed by atoms with van der Waals surface area (Å²) in [5.74, 6) is 0.935. The highest BCUT2D eigenvalue weighted by Crippen LogP contribution is 2.36. The zero-order chi connectivity index (χ0) is 25.3. The van der Waals surface area contributed by atoms with Gasteiger partial charge in [-0.25, -0.2) is 0 Å². The number of hydrogen-bond acceptors (Lipinski definition) is 4. The summed E-state index contributed by atoms with van der Waals surface area (Å²) >= 11 is 0. The fourth-order valence-corrected chi connectivity index (χ4v) is 5.45. The number of fused-ring (bicyclic) bond motifs is 1. The van der Waals surface area contributed by atoms with Gasteiger partial charge in [0.15, 0.2) is 11.5 Å². The minimum atomic E-state index is -1.07. The molecule has 1 unspecified atom stereocenters.